The summed E-state index contributed by atoms with van der Waals surface area (Å²) in [7, 11) is 1.86. The molecule has 1 aromatic carbocycles. The lowest BCUT2D eigenvalue weighted by Crippen LogP contribution is -2.33. The molecule has 0 aromatic heterocycles. The summed E-state index contributed by atoms with van der Waals surface area (Å²) in [5.74, 6) is 0.717. The van der Waals surface area contributed by atoms with Gasteiger partial charge < -0.3 is 10.2 Å². The Bertz CT molecular complexity index is 419. The van der Waals surface area contributed by atoms with Crippen LogP contribution in [0.15, 0.2) is 24.3 Å². The predicted molar refractivity (Wildman–Crippen MR) is 79.6 cm³/mol. The van der Waals surface area contributed by atoms with Crippen molar-refractivity contribution < 1.29 is 4.79 Å². The quantitative estimate of drug-likeness (QED) is 0.902. The van der Waals surface area contributed by atoms with Gasteiger partial charge in [-0.15, -0.1) is 0 Å². The molecule has 0 aliphatic carbocycles. The molecule has 3 nitrogen and oxygen atoms in total. The minimum Gasteiger partial charge on any atom is -0.315 e. The highest BCUT2D eigenvalue weighted by atomic mass is 16.2. The van der Waals surface area contributed by atoms with Crippen LogP contribution in [0, 0.1) is 0 Å². The van der Waals surface area contributed by atoms with Gasteiger partial charge in [0.1, 0.15) is 0 Å². The van der Waals surface area contributed by atoms with Crippen molar-refractivity contribution in [2.75, 3.05) is 18.5 Å². The van der Waals surface area contributed by atoms with Crippen LogP contribution in [0.3, 0.4) is 0 Å². The van der Waals surface area contributed by atoms with Gasteiger partial charge in [0, 0.05) is 25.2 Å². The second-order valence-electron chi connectivity index (χ2n) is 5.70. The molecule has 1 aromatic rings. The van der Waals surface area contributed by atoms with E-state index in [0.29, 0.717) is 18.4 Å². The highest BCUT2D eigenvalue weighted by molar-refractivity contribution is 5.93. The molecule has 2 rings (SSSR count). The molecule has 1 aliphatic rings. The van der Waals surface area contributed by atoms with E-state index >= 15 is 0 Å². The van der Waals surface area contributed by atoms with Crippen LogP contribution in [0.4, 0.5) is 5.69 Å². The van der Waals surface area contributed by atoms with Gasteiger partial charge >= 0.3 is 0 Å². The number of hydrogen-bond donors (Lipinski definition) is 1. The van der Waals surface area contributed by atoms with Gasteiger partial charge in [-0.25, -0.2) is 0 Å². The Morgan fingerprint density at radius 3 is 2.58 bits per heavy atom. The van der Waals surface area contributed by atoms with Crippen molar-refractivity contribution >= 4 is 11.6 Å². The molecule has 1 amide bonds. The van der Waals surface area contributed by atoms with E-state index in [4.69, 9.17) is 0 Å². The number of hydrogen-bond acceptors (Lipinski definition) is 2. The Morgan fingerprint density at radius 1 is 1.37 bits per heavy atom. The van der Waals surface area contributed by atoms with Crippen molar-refractivity contribution in [3.63, 3.8) is 0 Å². The topological polar surface area (TPSA) is 32.3 Å². The maximum atomic E-state index is 12.2. The highest BCUT2D eigenvalue weighted by Crippen LogP contribution is 2.20. The van der Waals surface area contributed by atoms with Crippen LogP contribution in [-0.4, -0.2) is 25.5 Å². The zero-order chi connectivity index (χ0) is 13.8. The molecule has 1 saturated heterocycles. The Kier molecular flexibility index (Phi) is 4.59. The first kappa shape index (κ1) is 14.1. The molecule has 3 heteroatoms. The van der Waals surface area contributed by atoms with E-state index in [1.165, 1.54) is 12.0 Å². The summed E-state index contributed by atoms with van der Waals surface area (Å²) in [6.45, 7) is 5.40. The van der Waals surface area contributed by atoms with Gasteiger partial charge in [0.15, 0.2) is 0 Å². The molecule has 1 N–H and O–H groups in total. The number of amides is 1. The molecule has 0 bridgehead atoms. The number of carbonyl (C=O) groups is 1. The van der Waals surface area contributed by atoms with Gasteiger partial charge in [0.25, 0.3) is 0 Å². The van der Waals surface area contributed by atoms with E-state index in [-0.39, 0.29) is 5.91 Å². The molecule has 0 saturated carbocycles. The second-order valence-corrected chi connectivity index (χ2v) is 5.70. The zero-order valence-electron chi connectivity index (χ0n) is 12.1. The van der Waals surface area contributed by atoms with E-state index in [0.717, 1.165) is 18.7 Å². The lowest BCUT2D eigenvalue weighted by atomic mass is 10.0. The van der Waals surface area contributed by atoms with Gasteiger partial charge in [-0.05, 0) is 43.0 Å². The third kappa shape index (κ3) is 3.57. The lowest BCUT2D eigenvalue weighted by molar-refractivity contribution is -0.118. The Morgan fingerprint density at radius 2 is 2.05 bits per heavy atom. The van der Waals surface area contributed by atoms with Crippen molar-refractivity contribution in [3.8, 4) is 0 Å². The Labute approximate surface area is 116 Å². The van der Waals surface area contributed by atoms with E-state index in [2.05, 4.69) is 31.3 Å². The smallest absolute Gasteiger partial charge is 0.228 e. The van der Waals surface area contributed by atoms with Crippen LogP contribution in [0.2, 0.25) is 0 Å². The first-order valence-electron chi connectivity index (χ1n) is 7.18. The van der Waals surface area contributed by atoms with Crippen LogP contribution in [-0.2, 0) is 4.79 Å². The monoisotopic (exact) mass is 260 g/mol. The largest absolute Gasteiger partial charge is 0.315 e. The third-order valence-electron chi connectivity index (χ3n) is 3.90. The molecule has 1 heterocycles. The average molecular weight is 260 g/mol. The first-order valence-corrected chi connectivity index (χ1v) is 7.18. The van der Waals surface area contributed by atoms with E-state index in [9.17, 15) is 4.79 Å². The molecule has 0 radical (unpaired) electrons. The standard InChI is InChI=1S/C16H24N2O/c1-12(2)13-6-8-15(9-7-13)18(3)16(19)11-14-5-4-10-17-14/h6-9,12,14,17H,4-5,10-11H2,1-3H3. The van der Waals surface area contributed by atoms with Crippen molar-refractivity contribution in [2.24, 2.45) is 0 Å². The average Bonchev–Trinajstić information content (AvgIpc) is 2.90. The highest BCUT2D eigenvalue weighted by Gasteiger charge is 2.20. The van der Waals surface area contributed by atoms with Gasteiger partial charge in [0.2, 0.25) is 5.91 Å². The van der Waals surface area contributed by atoms with Crippen LogP contribution in [0.1, 0.15) is 44.6 Å². The van der Waals surface area contributed by atoms with Gasteiger partial charge in [-0.1, -0.05) is 26.0 Å². The van der Waals surface area contributed by atoms with Crippen molar-refractivity contribution in [1.82, 2.24) is 5.32 Å². The predicted octanol–water partition coefficient (Wildman–Crippen LogP) is 2.91. The third-order valence-corrected chi connectivity index (χ3v) is 3.90. The summed E-state index contributed by atoms with van der Waals surface area (Å²) < 4.78 is 0. The minimum atomic E-state index is 0.191. The maximum absolute atomic E-state index is 12.2. The van der Waals surface area contributed by atoms with Crippen LogP contribution < -0.4 is 10.2 Å². The first-order chi connectivity index (χ1) is 9.08. The molecule has 104 valence electrons. The summed E-state index contributed by atoms with van der Waals surface area (Å²) in [5.41, 5.74) is 2.29. The number of rotatable bonds is 4. The fourth-order valence-electron chi connectivity index (χ4n) is 2.51. The molecular weight excluding hydrogens is 236 g/mol. The van der Waals surface area contributed by atoms with Gasteiger partial charge in [-0.2, -0.15) is 0 Å². The van der Waals surface area contributed by atoms with Crippen LogP contribution in [0.5, 0.6) is 0 Å². The Hall–Kier alpha value is -1.35. The van der Waals surface area contributed by atoms with Crippen molar-refractivity contribution in [1.29, 1.82) is 0 Å². The molecule has 1 fully saturated rings. The normalized spacial score (nSPS) is 18.8. The van der Waals surface area contributed by atoms with Crippen molar-refractivity contribution in [3.05, 3.63) is 29.8 Å². The molecule has 1 unspecified atom stereocenters. The minimum absolute atomic E-state index is 0.191. The Balaban J connectivity index is 1.97. The SMILES string of the molecule is CC(C)c1ccc(N(C)C(=O)CC2CCCN2)cc1. The number of benzene rings is 1. The van der Waals surface area contributed by atoms with Gasteiger partial charge in [-0.3, -0.25) is 4.79 Å². The molecular formula is C16H24N2O. The van der Waals surface area contributed by atoms with Crippen LogP contribution >= 0.6 is 0 Å². The van der Waals surface area contributed by atoms with E-state index in [1.807, 2.05) is 19.2 Å². The molecule has 0 spiro atoms. The summed E-state index contributed by atoms with van der Waals surface area (Å²) >= 11 is 0. The van der Waals surface area contributed by atoms with Crippen molar-refractivity contribution in [2.45, 2.75) is 45.1 Å². The molecule has 1 aliphatic heterocycles. The zero-order valence-corrected chi connectivity index (χ0v) is 12.1. The lowest BCUT2D eigenvalue weighted by Gasteiger charge is -2.20. The number of anilines is 1. The number of nitrogens with one attached hydrogen (secondary N) is 1. The summed E-state index contributed by atoms with van der Waals surface area (Å²) in [6.07, 6.45) is 2.90. The van der Waals surface area contributed by atoms with Crippen LogP contribution in [0.25, 0.3) is 0 Å². The summed E-state index contributed by atoms with van der Waals surface area (Å²) in [6, 6.07) is 8.66. The fourth-order valence-corrected chi connectivity index (χ4v) is 2.51. The second kappa shape index (κ2) is 6.20. The number of carbonyl (C=O) groups excluding carboxylic acids is 1. The molecule has 19 heavy (non-hydrogen) atoms. The van der Waals surface area contributed by atoms with E-state index in [1.54, 1.807) is 4.90 Å². The number of nitrogens with zero attached hydrogens (tertiary/aromatic N) is 1. The molecule has 1 atom stereocenters. The van der Waals surface area contributed by atoms with Gasteiger partial charge in [0.05, 0.1) is 0 Å². The van der Waals surface area contributed by atoms with E-state index < -0.39 is 0 Å². The maximum Gasteiger partial charge on any atom is 0.228 e. The summed E-state index contributed by atoms with van der Waals surface area (Å²) in [5, 5.41) is 3.37. The summed E-state index contributed by atoms with van der Waals surface area (Å²) in [4.78, 5) is 14.0. The fraction of sp³-hybridized carbons (Fsp3) is 0.562.